The van der Waals surface area contributed by atoms with Gasteiger partial charge in [0, 0.05) is 27.8 Å². The molecule has 0 aliphatic carbocycles. The minimum Gasteiger partial charge on any atom is -0.456 e. The van der Waals surface area contributed by atoms with Gasteiger partial charge in [0.1, 0.15) is 11.2 Å². The van der Waals surface area contributed by atoms with Gasteiger partial charge in [-0.2, -0.15) is 0 Å². The van der Waals surface area contributed by atoms with E-state index in [2.05, 4.69) is 0 Å². The van der Waals surface area contributed by atoms with Crippen molar-refractivity contribution in [1.82, 2.24) is 0 Å². The molecule has 0 saturated carbocycles. The van der Waals surface area contributed by atoms with Gasteiger partial charge in [-0.1, -0.05) is 115 Å². The van der Waals surface area contributed by atoms with Crippen molar-refractivity contribution in [3.63, 3.8) is 0 Å². The molecule has 0 radical (unpaired) electrons. The summed E-state index contributed by atoms with van der Waals surface area (Å²) in [7, 11) is 0. The molecule has 9 rings (SSSR count). The molecule has 0 aliphatic rings. The number of fused-ring (bicyclic) bond motifs is 6. The highest BCUT2D eigenvalue weighted by Gasteiger charge is 2.14. The Hall–Kier alpha value is -6.12. The van der Waals surface area contributed by atoms with Crippen LogP contribution in [0.15, 0.2) is 180 Å². The van der Waals surface area contributed by atoms with Gasteiger partial charge < -0.3 is 9.32 Å². The highest BCUT2D eigenvalue weighted by atomic mass is 16.3. The lowest BCUT2D eigenvalue weighted by Gasteiger charge is -2.26. The normalized spacial score (nSPS) is 17.9. The van der Waals surface area contributed by atoms with Gasteiger partial charge >= 0.3 is 0 Å². The van der Waals surface area contributed by atoms with E-state index >= 15 is 0 Å². The second-order valence-corrected chi connectivity index (χ2v) is 10.1. The quantitative estimate of drug-likeness (QED) is 0.193. The summed E-state index contributed by atoms with van der Waals surface area (Å²) in [6.07, 6.45) is 0. The van der Waals surface area contributed by atoms with Crippen LogP contribution in [0.5, 0.6) is 0 Å². The molecule has 0 aliphatic heterocycles. The molecular weight excluding hydrogens is 558 g/mol. The first kappa shape index (κ1) is 12.7. The second-order valence-electron chi connectivity index (χ2n) is 10.1. The number of para-hydroxylation sites is 2. The summed E-state index contributed by atoms with van der Waals surface area (Å²) < 4.78 is 190. The smallest absolute Gasteiger partial charge is 0.136 e. The Morgan fingerprint density at radius 2 is 1.11 bits per heavy atom. The maximum absolute atomic E-state index is 9.35. The Kier molecular flexibility index (Phi) is 2.98. The summed E-state index contributed by atoms with van der Waals surface area (Å²) in [5.74, 6) is 0. The van der Waals surface area contributed by atoms with E-state index in [0.717, 1.165) is 29.2 Å². The molecule has 0 saturated heterocycles. The van der Waals surface area contributed by atoms with Gasteiger partial charge in [-0.05, 0) is 104 Å². The van der Waals surface area contributed by atoms with E-state index < -0.39 is 102 Å². The lowest BCUT2D eigenvalue weighted by atomic mass is 9.98. The minimum absolute atomic E-state index is 0.0110. The van der Waals surface area contributed by atoms with Gasteiger partial charge in [-0.15, -0.1) is 0 Å². The van der Waals surface area contributed by atoms with Gasteiger partial charge in [0.25, 0.3) is 0 Å². The predicted molar refractivity (Wildman–Crippen MR) is 194 cm³/mol. The third-order valence-corrected chi connectivity index (χ3v) is 7.41. The number of furan rings is 1. The van der Waals surface area contributed by atoms with Crippen molar-refractivity contribution in [2.75, 3.05) is 4.90 Å². The highest BCUT2D eigenvalue weighted by molar-refractivity contribution is 6.19. The van der Waals surface area contributed by atoms with Gasteiger partial charge in [0.2, 0.25) is 0 Å². The molecule has 46 heavy (non-hydrogen) atoms. The Morgan fingerprint density at radius 3 is 1.91 bits per heavy atom. The average molecular weight is 609 g/mol. The summed E-state index contributed by atoms with van der Waals surface area (Å²) in [6, 6.07) is -1.16. The standard InChI is InChI=1S/C44H29NO/c1-2-10-37(11-3-1)45(38-22-16-31(17-23-38)34-15-14-30-8-4-5-9-33(30)28-34)39-24-18-32(19-25-39)35-20-26-40-36(29-35)21-27-43-44(40)41-12-6-7-13-42(41)46-43/h1-29H/i1D,4D,5D,6D,7D,9D,10D,11D,12D,13D,14D,15D,20D,21D,22D,23D,24D,25D,26D,27D,29D. The minimum atomic E-state index is -0.644. The fourth-order valence-corrected chi connectivity index (χ4v) is 5.22. The molecule has 0 fully saturated rings. The van der Waals surface area contributed by atoms with E-state index in [0.29, 0.717) is 0 Å². The molecular formula is C44H29NO. The molecule has 0 atom stereocenters. The van der Waals surface area contributed by atoms with Crippen LogP contribution < -0.4 is 4.90 Å². The molecule has 0 spiro atoms. The molecule has 2 heteroatoms. The molecule has 0 N–H and O–H groups in total. The number of anilines is 3. The van der Waals surface area contributed by atoms with Crippen molar-refractivity contribution >= 4 is 60.5 Å². The van der Waals surface area contributed by atoms with Crippen LogP contribution in [0.3, 0.4) is 0 Å². The van der Waals surface area contributed by atoms with Crippen molar-refractivity contribution in [3.05, 3.63) is 175 Å². The lowest BCUT2D eigenvalue weighted by Crippen LogP contribution is -2.09. The van der Waals surface area contributed by atoms with Crippen LogP contribution >= 0.6 is 0 Å². The van der Waals surface area contributed by atoms with E-state index in [1.54, 1.807) is 0 Å². The number of hydrogen-bond acceptors (Lipinski definition) is 2. The van der Waals surface area contributed by atoms with Crippen LogP contribution in [0.4, 0.5) is 17.1 Å². The fourth-order valence-electron chi connectivity index (χ4n) is 5.22. The van der Waals surface area contributed by atoms with Crippen LogP contribution in [0, 0.1) is 0 Å². The summed E-state index contributed by atoms with van der Waals surface area (Å²) in [5.41, 5.74) is -2.24. The van der Waals surface area contributed by atoms with Crippen LogP contribution in [-0.2, 0) is 0 Å². The van der Waals surface area contributed by atoms with Crippen molar-refractivity contribution in [2.45, 2.75) is 0 Å². The molecule has 2 nitrogen and oxygen atoms in total. The van der Waals surface area contributed by atoms with E-state index in [-0.39, 0.29) is 107 Å². The topological polar surface area (TPSA) is 16.4 Å². The molecule has 0 amide bonds. The van der Waals surface area contributed by atoms with Crippen LogP contribution in [-0.4, -0.2) is 0 Å². The molecule has 1 heterocycles. The zero-order valence-corrected chi connectivity index (χ0v) is 23.5. The Balaban J connectivity index is 1.27. The molecule has 1 aromatic heterocycles. The van der Waals surface area contributed by atoms with Crippen molar-refractivity contribution in [1.29, 1.82) is 0 Å². The van der Waals surface area contributed by atoms with Gasteiger partial charge in [-0.3, -0.25) is 0 Å². The van der Waals surface area contributed by atoms with E-state index in [9.17, 15) is 8.22 Å². The molecule has 216 valence electrons. The van der Waals surface area contributed by atoms with E-state index in [4.69, 9.17) is 25.0 Å². The maximum atomic E-state index is 9.35. The monoisotopic (exact) mass is 608 g/mol. The summed E-state index contributed by atoms with van der Waals surface area (Å²) >= 11 is 0. The zero-order valence-electron chi connectivity index (χ0n) is 44.5. The number of nitrogens with zero attached hydrogens (tertiary/aromatic N) is 1. The lowest BCUT2D eigenvalue weighted by molar-refractivity contribution is 0.669. The first-order valence-electron chi connectivity index (χ1n) is 24.4. The second kappa shape index (κ2) is 10.8. The number of hydrogen-bond donors (Lipinski definition) is 0. The van der Waals surface area contributed by atoms with Crippen molar-refractivity contribution in [3.8, 4) is 22.3 Å². The third-order valence-electron chi connectivity index (χ3n) is 7.41. The molecule has 8 aromatic carbocycles. The van der Waals surface area contributed by atoms with E-state index in [1.165, 1.54) is 24.3 Å². The Bertz CT molecular complexity index is 3660. The maximum Gasteiger partial charge on any atom is 0.136 e. The van der Waals surface area contributed by atoms with Crippen molar-refractivity contribution < 1.29 is 33.2 Å². The summed E-state index contributed by atoms with van der Waals surface area (Å²) in [4.78, 5) is 0.991. The van der Waals surface area contributed by atoms with Crippen LogP contribution in [0.25, 0.3) is 65.7 Å². The van der Waals surface area contributed by atoms with Crippen molar-refractivity contribution in [2.24, 2.45) is 0 Å². The highest BCUT2D eigenvalue weighted by Crippen LogP contribution is 2.39. The van der Waals surface area contributed by atoms with Gasteiger partial charge in [0.05, 0.1) is 28.8 Å². The Morgan fingerprint density at radius 1 is 0.435 bits per heavy atom. The largest absolute Gasteiger partial charge is 0.456 e. The fraction of sp³-hybridized carbons (Fsp3) is 0. The van der Waals surface area contributed by atoms with Gasteiger partial charge in [0.15, 0.2) is 0 Å². The Labute approximate surface area is 296 Å². The summed E-state index contributed by atoms with van der Waals surface area (Å²) in [5, 5.41) is -0.831. The third kappa shape index (κ3) is 4.51. The molecule has 0 bridgehead atoms. The first-order valence-corrected chi connectivity index (χ1v) is 13.9. The van der Waals surface area contributed by atoms with Crippen LogP contribution in [0.2, 0.25) is 0 Å². The predicted octanol–water partition coefficient (Wildman–Crippen LogP) is 12.7. The SMILES string of the molecule is [2H]c1cc([2H])c(N(c2c([2H])cc(-c3cc4c([2H])c([2H])c([2H])cc4c([2H])c3[2H])cc2[2H])c2c([2H])cc(-c3c([2H])c([2H])c4c(c3[2H])c([2H])c([2H])c3oc5c([2H])c([2H])c([2H])c([2H])c5c34)cc2[2H])c([2H])c1. The number of benzene rings is 8. The molecule has 9 aromatic rings. The average Bonchev–Trinajstić information content (AvgIpc) is 3.66. The first-order chi connectivity index (χ1) is 31.5. The molecule has 0 unspecified atom stereocenters. The summed E-state index contributed by atoms with van der Waals surface area (Å²) in [6.45, 7) is 0. The van der Waals surface area contributed by atoms with Gasteiger partial charge in [-0.25, -0.2) is 0 Å². The van der Waals surface area contributed by atoms with Crippen LogP contribution in [0.1, 0.15) is 28.8 Å². The zero-order chi connectivity index (χ0) is 48.7. The van der Waals surface area contributed by atoms with E-state index in [1.807, 2.05) is 0 Å². The number of rotatable bonds is 5.